The highest BCUT2D eigenvalue weighted by atomic mass is 32.2. The maximum Gasteiger partial charge on any atom is 0.322 e. The summed E-state index contributed by atoms with van der Waals surface area (Å²) in [6, 6.07) is -4.81. The molecule has 0 aliphatic carbocycles. The maximum absolute atomic E-state index is 12.3. The van der Waals surface area contributed by atoms with Gasteiger partial charge in [-0.25, -0.2) is 12.2 Å². The van der Waals surface area contributed by atoms with E-state index in [1.54, 1.807) is 0 Å². The zero-order chi connectivity index (χ0) is 34.7. The number of nitrogens with zero attached hydrogens (tertiary/aromatic N) is 2. The standard InChI is InChI=1S/C22H36N6O13S4/c1-27(13(21(37)38)3-5-15(29)25-11(9-42)19(35)23-7-17(31)32)44-41-45-28(2)14(22(39)40)4-6-16(30)26-12(10-43)20(36)24-8-18(33)34/h11-14,42-43H,3-10H2,1-2H3,(H,23,35)(H,24,36)(H,25,29)(H,26,30)(H,31,32)(H,33,34)(H,37,38)(H,39,40)/t11-,12-,13-,14-/m0/s1. The van der Waals surface area contributed by atoms with Crippen molar-refractivity contribution in [2.45, 2.75) is 49.9 Å². The number of carboxylic acids is 4. The van der Waals surface area contributed by atoms with Gasteiger partial charge in [0.1, 0.15) is 37.3 Å². The zero-order valence-electron chi connectivity index (χ0n) is 24.0. The van der Waals surface area contributed by atoms with E-state index in [9.17, 15) is 48.6 Å². The molecule has 4 amide bonds. The summed E-state index contributed by atoms with van der Waals surface area (Å²) < 4.78 is 7.60. The van der Waals surface area contributed by atoms with E-state index < -0.39 is 84.8 Å². The predicted octanol–water partition coefficient (Wildman–Crippen LogP) is -2.31. The van der Waals surface area contributed by atoms with Crippen LogP contribution in [-0.4, -0.2) is 139 Å². The van der Waals surface area contributed by atoms with Crippen LogP contribution in [0.15, 0.2) is 0 Å². The number of aliphatic carboxylic acids is 4. The third kappa shape index (κ3) is 17.9. The van der Waals surface area contributed by atoms with Crippen LogP contribution >= 0.6 is 49.7 Å². The van der Waals surface area contributed by atoms with E-state index in [-0.39, 0.29) is 37.2 Å². The molecule has 19 nitrogen and oxygen atoms in total. The van der Waals surface area contributed by atoms with Crippen LogP contribution in [0.4, 0.5) is 0 Å². The molecule has 0 spiro atoms. The molecule has 8 N–H and O–H groups in total. The van der Waals surface area contributed by atoms with Crippen molar-refractivity contribution in [2.75, 3.05) is 38.7 Å². The fraction of sp³-hybridized carbons (Fsp3) is 0.636. The lowest BCUT2D eigenvalue weighted by Gasteiger charge is -2.25. The molecular formula is C22H36N6O13S4. The Morgan fingerprint density at radius 3 is 1.27 bits per heavy atom. The summed E-state index contributed by atoms with van der Waals surface area (Å²) in [5, 5.41) is 45.4. The van der Waals surface area contributed by atoms with Gasteiger partial charge in [-0.05, 0) is 12.8 Å². The Kier molecular flexibility index (Phi) is 21.0. The minimum absolute atomic E-state index is 0.141. The van der Waals surface area contributed by atoms with Crippen LogP contribution < -0.4 is 21.3 Å². The molecule has 0 rings (SSSR count). The number of carbonyl (C=O) groups excluding carboxylic acids is 4. The Morgan fingerprint density at radius 1 is 0.667 bits per heavy atom. The van der Waals surface area contributed by atoms with E-state index in [4.69, 9.17) is 13.8 Å². The van der Waals surface area contributed by atoms with Crippen molar-refractivity contribution in [3.63, 3.8) is 0 Å². The van der Waals surface area contributed by atoms with Crippen molar-refractivity contribution < 1.29 is 62.4 Å². The van der Waals surface area contributed by atoms with E-state index in [2.05, 4.69) is 46.5 Å². The van der Waals surface area contributed by atoms with Gasteiger partial charge in [-0.1, -0.05) is 0 Å². The average Bonchev–Trinajstić information content (AvgIpc) is 2.95. The summed E-state index contributed by atoms with van der Waals surface area (Å²) in [6.45, 7) is -1.32. The van der Waals surface area contributed by atoms with Crippen LogP contribution in [0.3, 0.4) is 0 Å². The number of hydrogen-bond acceptors (Lipinski definition) is 15. The number of likely N-dealkylation sites (N-methyl/N-ethyl adjacent to an activating group) is 2. The first kappa shape index (κ1) is 42.0. The van der Waals surface area contributed by atoms with Crippen LogP contribution in [0.1, 0.15) is 25.7 Å². The van der Waals surface area contributed by atoms with Gasteiger partial charge in [-0.3, -0.25) is 38.4 Å². The second-order valence-corrected chi connectivity index (χ2v) is 11.6. The second-order valence-electron chi connectivity index (χ2n) is 8.92. The van der Waals surface area contributed by atoms with Crippen molar-refractivity contribution in [3.8, 4) is 0 Å². The topological polar surface area (TPSA) is 281 Å². The molecule has 0 saturated heterocycles. The number of amides is 4. The van der Waals surface area contributed by atoms with E-state index in [1.165, 1.54) is 14.1 Å². The summed E-state index contributed by atoms with van der Waals surface area (Å²) in [7, 11) is 2.70. The summed E-state index contributed by atoms with van der Waals surface area (Å²) in [5.74, 6) is -8.40. The van der Waals surface area contributed by atoms with E-state index >= 15 is 0 Å². The third-order valence-electron chi connectivity index (χ3n) is 5.53. The normalized spacial score (nSPS) is 13.6. The number of hydrogen-bond donors (Lipinski definition) is 10. The van der Waals surface area contributed by atoms with Gasteiger partial charge >= 0.3 is 23.9 Å². The van der Waals surface area contributed by atoms with E-state index in [1.807, 2.05) is 0 Å². The van der Waals surface area contributed by atoms with Crippen LogP contribution in [0.2, 0.25) is 0 Å². The SMILES string of the molecule is CN(SOSN(C)[C@@H](CCC(=O)N[C@@H](CS)C(=O)NCC(=O)O)C(=O)O)[C@@H](CCC(=O)N[C@@H](CS)C(=O)NCC(=O)O)C(=O)O. The highest BCUT2D eigenvalue weighted by molar-refractivity contribution is 8.05. The Balaban J connectivity index is 4.88. The smallest absolute Gasteiger partial charge is 0.322 e. The number of carbonyl (C=O) groups is 8. The van der Waals surface area contributed by atoms with E-state index in [0.717, 1.165) is 8.61 Å². The summed E-state index contributed by atoms with van der Waals surface area (Å²) in [6.07, 6.45) is -1.11. The number of thiol groups is 2. The molecule has 0 aliphatic rings. The average molecular weight is 721 g/mol. The first-order valence-corrected chi connectivity index (χ1v) is 15.4. The van der Waals surface area contributed by atoms with Crippen LogP contribution in [0.5, 0.6) is 0 Å². The molecule has 45 heavy (non-hydrogen) atoms. The Hall–Kier alpha value is -2.96. The second kappa shape index (κ2) is 22.5. The molecule has 0 saturated carbocycles. The minimum atomic E-state index is -1.31. The molecule has 0 radical (unpaired) electrons. The molecule has 0 aromatic rings. The Labute approximate surface area is 277 Å². The lowest BCUT2D eigenvalue weighted by molar-refractivity contribution is -0.142. The molecule has 4 atom stereocenters. The van der Waals surface area contributed by atoms with Gasteiger partial charge in [0.05, 0.1) is 24.5 Å². The van der Waals surface area contributed by atoms with Crippen molar-refractivity contribution in [1.29, 1.82) is 0 Å². The first-order valence-electron chi connectivity index (χ1n) is 12.8. The van der Waals surface area contributed by atoms with Crippen LogP contribution in [0.25, 0.3) is 0 Å². The summed E-state index contributed by atoms with van der Waals surface area (Å²) >= 11 is 8.98. The molecular weight excluding hydrogens is 685 g/mol. The molecule has 0 heterocycles. The Morgan fingerprint density at radius 2 is 1.00 bits per heavy atom. The molecule has 0 aromatic carbocycles. The fourth-order valence-electron chi connectivity index (χ4n) is 3.16. The van der Waals surface area contributed by atoms with Gasteiger partial charge in [-0.15, -0.1) is 0 Å². The molecule has 0 bridgehead atoms. The molecule has 0 aliphatic heterocycles. The maximum atomic E-state index is 12.3. The van der Waals surface area contributed by atoms with Gasteiger partial charge in [0.2, 0.25) is 23.6 Å². The number of carboxylic acid groups (broad SMARTS) is 4. The summed E-state index contributed by atoms with van der Waals surface area (Å²) in [4.78, 5) is 93.3. The highest BCUT2D eigenvalue weighted by Crippen LogP contribution is 2.26. The molecule has 0 unspecified atom stereocenters. The molecule has 0 fully saturated rings. The van der Waals surface area contributed by atoms with Crippen molar-refractivity contribution in [3.05, 3.63) is 0 Å². The van der Waals surface area contributed by atoms with Crippen LogP contribution in [-0.2, 0) is 42.0 Å². The van der Waals surface area contributed by atoms with Gasteiger partial charge in [0.15, 0.2) is 0 Å². The highest BCUT2D eigenvalue weighted by Gasteiger charge is 2.29. The van der Waals surface area contributed by atoms with Gasteiger partial charge in [0, 0.05) is 38.4 Å². The number of rotatable bonds is 24. The van der Waals surface area contributed by atoms with Crippen molar-refractivity contribution in [1.82, 2.24) is 29.9 Å². The fourth-order valence-corrected chi connectivity index (χ4v) is 5.15. The minimum Gasteiger partial charge on any atom is -0.480 e. The lowest BCUT2D eigenvalue weighted by atomic mass is 10.1. The van der Waals surface area contributed by atoms with E-state index in [0.29, 0.717) is 24.5 Å². The zero-order valence-corrected chi connectivity index (χ0v) is 27.5. The van der Waals surface area contributed by atoms with Gasteiger partial charge in [0.25, 0.3) is 0 Å². The van der Waals surface area contributed by atoms with Crippen molar-refractivity contribution in [2.24, 2.45) is 0 Å². The summed E-state index contributed by atoms with van der Waals surface area (Å²) in [5.41, 5.74) is 0. The van der Waals surface area contributed by atoms with Crippen molar-refractivity contribution >= 4 is 97.2 Å². The molecule has 0 aromatic heterocycles. The third-order valence-corrected chi connectivity index (χ3v) is 7.73. The molecule has 256 valence electrons. The van der Waals surface area contributed by atoms with Gasteiger partial charge < -0.3 is 41.7 Å². The monoisotopic (exact) mass is 720 g/mol. The quantitative estimate of drug-likeness (QED) is 0.0285. The molecule has 23 heteroatoms. The predicted molar refractivity (Wildman–Crippen MR) is 166 cm³/mol. The Bertz CT molecular complexity index is 992. The van der Waals surface area contributed by atoms with Crippen LogP contribution in [0, 0.1) is 0 Å². The van der Waals surface area contributed by atoms with Gasteiger partial charge in [-0.2, -0.15) is 25.3 Å². The lowest BCUT2D eigenvalue weighted by Crippen LogP contribution is -2.49. The number of nitrogens with one attached hydrogen (secondary N) is 4. The largest absolute Gasteiger partial charge is 0.480 e. The first-order chi connectivity index (χ1) is 21.0.